The largest absolute Gasteiger partial charge is 0.478 e. The summed E-state index contributed by atoms with van der Waals surface area (Å²) in [4.78, 5) is 26.4. The molecule has 7 heteroatoms. The molecule has 2 aromatic heterocycles. The zero-order valence-corrected chi connectivity index (χ0v) is 10.4. The van der Waals surface area contributed by atoms with Crippen LogP contribution in [0.5, 0.6) is 0 Å². The van der Waals surface area contributed by atoms with Crippen LogP contribution in [0.15, 0.2) is 21.3 Å². The first-order valence-corrected chi connectivity index (χ1v) is 5.50. The van der Waals surface area contributed by atoms with Gasteiger partial charge in [-0.3, -0.25) is 4.79 Å². The number of carbonyl (C=O) groups is 2. The summed E-state index contributed by atoms with van der Waals surface area (Å²) in [5.41, 5.74) is 0.569. The summed E-state index contributed by atoms with van der Waals surface area (Å²) in [6.45, 7) is 3.28. The quantitative estimate of drug-likeness (QED) is 0.867. The number of furan rings is 1. The maximum atomic E-state index is 11.7. The summed E-state index contributed by atoms with van der Waals surface area (Å²) in [6, 6.07) is 1.38. The van der Waals surface area contributed by atoms with Crippen LogP contribution in [0, 0.1) is 13.8 Å². The molecule has 7 nitrogen and oxygen atoms in total. The lowest BCUT2D eigenvalue weighted by molar-refractivity contribution is 0.0694. The van der Waals surface area contributed by atoms with Gasteiger partial charge in [0.1, 0.15) is 17.1 Å². The van der Waals surface area contributed by atoms with Crippen molar-refractivity contribution in [3.63, 3.8) is 0 Å². The van der Waals surface area contributed by atoms with Crippen molar-refractivity contribution >= 4 is 11.9 Å². The highest BCUT2D eigenvalue weighted by Crippen LogP contribution is 2.14. The number of carboxylic acids is 1. The highest BCUT2D eigenvalue weighted by Gasteiger charge is 2.16. The number of hydrogen-bond donors (Lipinski definition) is 2. The molecule has 2 rings (SSSR count). The summed E-state index contributed by atoms with van der Waals surface area (Å²) < 4.78 is 10.2. The minimum atomic E-state index is -1.06. The summed E-state index contributed by atoms with van der Waals surface area (Å²) in [5, 5.41) is 11.4. The number of carboxylic acid groups (broad SMARTS) is 1. The molecule has 100 valence electrons. The van der Waals surface area contributed by atoms with Crippen molar-refractivity contribution in [2.75, 3.05) is 0 Å². The zero-order valence-electron chi connectivity index (χ0n) is 10.4. The number of aromatic carboxylic acids is 1. The summed E-state index contributed by atoms with van der Waals surface area (Å²) in [6.07, 6.45) is 1.18. The molecule has 0 radical (unpaired) electrons. The van der Waals surface area contributed by atoms with Gasteiger partial charge in [0.25, 0.3) is 5.91 Å². The van der Waals surface area contributed by atoms with Gasteiger partial charge in [0.2, 0.25) is 5.76 Å². The Labute approximate surface area is 108 Å². The minimum Gasteiger partial charge on any atom is -0.478 e. The van der Waals surface area contributed by atoms with Crippen LogP contribution in [0.25, 0.3) is 0 Å². The topological polar surface area (TPSA) is 106 Å². The molecule has 19 heavy (non-hydrogen) atoms. The molecule has 1 amide bonds. The smallest absolute Gasteiger partial charge is 0.339 e. The highest BCUT2D eigenvalue weighted by molar-refractivity contribution is 5.92. The van der Waals surface area contributed by atoms with Crippen LogP contribution in [0.1, 0.15) is 38.1 Å². The fourth-order valence-electron chi connectivity index (χ4n) is 1.61. The van der Waals surface area contributed by atoms with Crippen LogP contribution in [0.4, 0.5) is 0 Å². The maximum Gasteiger partial charge on any atom is 0.339 e. The predicted molar refractivity (Wildman–Crippen MR) is 62.8 cm³/mol. The monoisotopic (exact) mass is 264 g/mol. The molecule has 0 fully saturated rings. The Hall–Kier alpha value is -2.57. The molecule has 2 heterocycles. The number of carbonyl (C=O) groups excluding carboxylic acids is 1. The van der Waals surface area contributed by atoms with Gasteiger partial charge >= 0.3 is 5.97 Å². The van der Waals surface area contributed by atoms with E-state index in [1.54, 1.807) is 13.8 Å². The fraction of sp³-hybridized carbons (Fsp3) is 0.250. The van der Waals surface area contributed by atoms with Crippen molar-refractivity contribution < 1.29 is 23.5 Å². The SMILES string of the molecule is Cc1ncoc1C(=O)NCc1cc(C(=O)O)c(C)o1. The second-order valence-electron chi connectivity index (χ2n) is 3.94. The van der Waals surface area contributed by atoms with E-state index in [9.17, 15) is 9.59 Å². The van der Waals surface area contributed by atoms with Gasteiger partial charge in [-0.25, -0.2) is 9.78 Å². The van der Waals surface area contributed by atoms with Crippen LogP contribution in [-0.4, -0.2) is 22.0 Å². The molecule has 0 aliphatic rings. The van der Waals surface area contributed by atoms with E-state index in [0.717, 1.165) is 0 Å². The second kappa shape index (κ2) is 4.97. The fourth-order valence-corrected chi connectivity index (χ4v) is 1.61. The molecule has 0 atom stereocenters. The lowest BCUT2D eigenvalue weighted by atomic mass is 10.2. The Morgan fingerprint density at radius 3 is 2.68 bits per heavy atom. The normalized spacial score (nSPS) is 10.4. The third kappa shape index (κ3) is 2.65. The lowest BCUT2D eigenvalue weighted by Crippen LogP contribution is -2.22. The van der Waals surface area contributed by atoms with E-state index in [0.29, 0.717) is 17.2 Å². The van der Waals surface area contributed by atoms with Crippen molar-refractivity contribution in [1.29, 1.82) is 0 Å². The number of aromatic nitrogens is 1. The molecule has 0 unspecified atom stereocenters. The van der Waals surface area contributed by atoms with E-state index in [4.69, 9.17) is 13.9 Å². The van der Waals surface area contributed by atoms with E-state index in [-0.39, 0.29) is 17.9 Å². The van der Waals surface area contributed by atoms with Crippen LogP contribution in [0.3, 0.4) is 0 Å². The molecule has 0 aliphatic carbocycles. The number of amides is 1. The Bertz CT molecular complexity index is 626. The standard InChI is InChI=1S/C12H12N2O5/c1-6-10(18-5-14-6)11(15)13-4-8-3-9(12(16)17)7(2)19-8/h3,5H,4H2,1-2H3,(H,13,15)(H,16,17). The Morgan fingerprint density at radius 1 is 1.42 bits per heavy atom. The number of nitrogens with zero attached hydrogens (tertiary/aromatic N) is 1. The van der Waals surface area contributed by atoms with Gasteiger partial charge in [0.05, 0.1) is 12.2 Å². The predicted octanol–water partition coefficient (Wildman–Crippen LogP) is 1.51. The van der Waals surface area contributed by atoms with Crippen molar-refractivity contribution in [2.24, 2.45) is 0 Å². The molecule has 0 bridgehead atoms. The highest BCUT2D eigenvalue weighted by atomic mass is 16.4. The molecule has 0 aromatic carbocycles. The summed E-state index contributed by atoms with van der Waals surface area (Å²) >= 11 is 0. The van der Waals surface area contributed by atoms with Crippen LogP contribution >= 0.6 is 0 Å². The maximum absolute atomic E-state index is 11.7. The van der Waals surface area contributed by atoms with Gasteiger partial charge in [-0.2, -0.15) is 0 Å². The second-order valence-corrected chi connectivity index (χ2v) is 3.94. The van der Waals surface area contributed by atoms with Crippen molar-refractivity contribution in [3.8, 4) is 0 Å². The van der Waals surface area contributed by atoms with Crippen molar-refractivity contribution in [3.05, 3.63) is 41.0 Å². The first kappa shape index (κ1) is 12.9. The van der Waals surface area contributed by atoms with Gasteiger partial charge in [-0.05, 0) is 19.9 Å². The molecule has 0 saturated carbocycles. The van der Waals surface area contributed by atoms with E-state index in [1.807, 2.05) is 0 Å². The average Bonchev–Trinajstić information content (AvgIpc) is 2.92. The molecular formula is C12H12N2O5. The minimum absolute atomic E-state index is 0.0765. The molecule has 0 aliphatic heterocycles. The van der Waals surface area contributed by atoms with Crippen molar-refractivity contribution in [2.45, 2.75) is 20.4 Å². The molecule has 0 saturated heterocycles. The first-order valence-electron chi connectivity index (χ1n) is 5.50. The van der Waals surface area contributed by atoms with Gasteiger partial charge in [-0.15, -0.1) is 0 Å². The molecule has 2 aromatic rings. The Morgan fingerprint density at radius 2 is 2.16 bits per heavy atom. The third-order valence-corrected chi connectivity index (χ3v) is 2.57. The van der Waals surface area contributed by atoms with E-state index in [1.165, 1.54) is 12.5 Å². The van der Waals surface area contributed by atoms with Crippen LogP contribution in [-0.2, 0) is 6.54 Å². The third-order valence-electron chi connectivity index (χ3n) is 2.57. The molecule has 0 spiro atoms. The lowest BCUT2D eigenvalue weighted by Gasteiger charge is -2.00. The van der Waals surface area contributed by atoms with Gasteiger partial charge < -0.3 is 19.3 Å². The Kier molecular flexibility index (Phi) is 3.37. The summed E-state index contributed by atoms with van der Waals surface area (Å²) in [5.74, 6) is -0.708. The number of aryl methyl sites for hydroxylation is 2. The van der Waals surface area contributed by atoms with Crippen LogP contribution < -0.4 is 5.32 Å². The van der Waals surface area contributed by atoms with Crippen molar-refractivity contribution in [1.82, 2.24) is 10.3 Å². The molecule has 2 N–H and O–H groups in total. The number of nitrogens with one attached hydrogen (secondary N) is 1. The van der Waals surface area contributed by atoms with E-state index < -0.39 is 11.9 Å². The number of oxazole rings is 1. The molecular weight excluding hydrogens is 252 g/mol. The van der Waals surface area contributed by atoms with E-state index in [2.05, 4.69) is 10.3 Å². The van der Waals surface area contributed by atoms with Crippen LogP contribution in [0.2, 0.25) is 0 Å². The van der Waals surface area contributed by atoms with Gasteiger partial charge in [0, 0.05) is 0 Å². The average molecular weight is 264 g/mol. The van der Waals surface area contributed by atoms with Gasteiger partial charge in [0.15, 0.2) is 6.39 Å². The van der Waals surface area contributed by atoms with Gasteiger partial charge in [-0.1, -0.05) is 0 Å². The Balaban J connectivity index is 2.03. The summed E-state index contributed by atoms with van der Waals surface area (Å²) in [7, 11) is 0. The number of rotatable bonds is 4. The van der Waals surface area contributed by atoms with E-state index >= 15 is 0 Å². The number of hydrogen-bond acceptors (Lipinski definition) is 5. The first-order chi connectivity index (χ1) is 8.99. The zero-order chi connectivity index (χ0) is 14.0.